The molecule has 0 bridgehead atoms. The van der Waals surface area contributed by atoms with E-state index in [4.69, 9.17) is 5.73 Å². The fourth-order valence-corrected chi connectivity index (χ4v) is 2.77. The third-order valence-corrected chi connectivity index (χ3v) is 4.02. The highest BCUT2D eigenvalue weighted by atomic mass is 32.1. The highest BCUT2D eigenvalue weighted by Crippen LogP contribution is 2.37. The Labute approximate surface area is 110 Å². The topological polar surface area (TPSA) is 63.8 Å². The minimum Gasteiger partial charge on any atom is -0.382 e. The van der Waals surface area contributed by atoms with Crippen LogP contribution in [-0.4, -0.2) is 15.9 Å². The van der Waals surface area contributed by atoms with Crippen molar-refractivity contribution in [2.24, 2.45) is 5.92 Å². The Morgan fingerprint density at radius 3 is 3.06 bits per heavy atom. The first-order chi connectivity index (χ1) is 8.84. The third-order valence-electron chi connectivity index (χ3n) is 3.20. The van der Waals surface area contributed by atoms with Crippen LogP contribution in [0.15, 0.2) is 24.5 Å². The van der Waals surface area contributed by atoms with Gasteiger partial charge in [0.1, 0.15) is 10.8 Å². The SMILES string of the molecule is Nc1nsc(NCCC2CC2)c1-c1cccnc1. The molecule has 5 heteroatoms. The molecule has 1 fully saturated rings. The summed E-state index contributed by atoms with van der Waals surface area (Å²) >= 11 is 1.43. The quantitative estimate of drug-likeness (QED) is 0.867. The molecule has 0 aromatic carbocycles. The first kappa shape index (κ1) is 11.5. The highest BCUT2D eigenvalue weighted by Gasteiger charge is 2.21. The molecule has 2 heterocycles. The van der Waals surface area contributed by atoms with Crippen molar-refractivity contribution in [2.45, 2.75) is 19.3 Å². The smallest absolute Gasteiger partial charge is 0.147 e. The zero-order valence-electron chi connectivity index (χ0n) is 10.1. The lowest BCUT2D eigenvalue weighted by Gasteiger charge is -2.06. The summed E-state index contributed by atoms with van der Waals surface area (Å²) in [6.45, 7) is 1.000. The van der Waals surface area contributed by atoms with E-state index in [1.807, 2.05) is 18.3 Å². The molecule has 1 saturated carbocycles. The van der Waals surface area contributed by atoms with Gasteiger partial charge in [-0.05, 0) is 29.9 Å². The van der Waals surface area contributed by atoms with E-state index >= 15 is 0 Å². The van der Waals surface area contributed by atoms with Gasteiger partial charge < -0.3 is 11.1 Å². The Bertz CT molecular complexity index is 519. The molecule has 4 nitrogen and oxygen atoms in total. The average Bonchev–Trinajstić information content (AvgIpc) is 3.14. The number of nitrogens with zero attached hydrogens (tertiary/aromatic N) is 2. The molecule has 18 heavy (non-hydrogen) atoms. The minimum absolute atomic E-state index is 0.585. The summed E-state index contributed by atoms with van der Waals surface area (Å²) in [6, 6.07) is 3.93. The van der Waals surface area contributed by atoms with Crippen LogP contribution in [0.3, 0.4) is 0 Å². The van der Waals surface area contributed by atoms with Gasteiger partial charge in [0.15, 0.2) is 0 Å². The zero-order chi connectivity index (χ0) is 12.4. The Morgan fingerprint density at radius 2 is 2.33 bits per heavy atom. The first-order valence-electron chi connectivity index (χ1n) is 6.24. The van der Waals surface area contributed by atoms with Crippen molar-refractivity contribution in [3.05, 3.63) is 24.5 Å². The summed E-state index contributed by atoms with van der Waals surface area (Å²) in [5.41, 5.74) is 7.96. The minimum atomic E-state index is 0.585. The molecule has 0 saturated heterocycles. The van der Waals surface area contributed by atoms with E-state index in [2.05, 4.69) is 14.7 Å². The van der Waals surface area contributed by atoms with Gasteiger partial charge in [-0.15, -0.1) is 0 Å². The molecule has 0 atom stereocenters. The lowest BCUT2D eigenvalue weighted by Crippen LogP contribution is -2.02. The fraction of sp³-hybridized carbons (Fsp3) is 0.385. The van der Waals surface area contributed by atoms with Gasteiger partial charge in [-0.2, -0.15) is 4.37 Å². The lowest BCUT2D eigenvalue weighted by atomic mass is 10.1. The second kappa shape index (κ2) is 4.94. The number of pyridine rings is 1. The molecule has 1 aliphatic rings. The Morgan fingerprint density at radius 1 is 1.44 bits per heavy atom. The maximum Gasteiger partial charge on any atom is 0.147 e. The molecule has 3 N–H and O–H groups in total. The lowest BCUT2D eigenvalue weighted by molar-refractivity contribution is 0.761. The Kier molecular flexibility index (Phi) is 3.15. The molecule has 1 aliphatic carbocycles. The van der Waals surface area contributed by atoms with E-state index < -0.39 is 0 Å². The molecule has 2 aromatic heterocycles. The van der Waals surface area contributed by atoms with Gasteiger partial charge in [0, 0.05) is 24.5 Å². The highest BCUT2D eigenvalue weighted by molar-refractivity contribution is 7.11. The number of hydrogen-bond donors (Lipinski definition) is 2. The van der Waals surface area contributed by atoms with Crippen molar-refractivity contribution in [1.29, 1.82) is 0 Å². The van der Waals surface area contributed by atoms with Gasteiger partial charge in [-0.3, -0.25) is 4.98 Å². The van der Waals surface area contributed by atoms with Crippen LogP contribution >= 0.6 is 11.5 Å². The maximum absolute atomic E-state index is 5.95. The van der Waals surface area contributed by atoms with E-state index in [1.54, 1.807) is 6.20 Å². The van der Waals surface area contributed by atoms with E-state index in [0.29, 0.717) is 5.82 Å². The van der Waals surface area contributed by atoms with E-state index in [-0.39, 0.29) is 0 Å². The van der Waals surface area contributed by atoms with Crippen molar-refractivity contribution in [2.75, 3.05) is 17.6 Å². The van der Waals surface area contributed by atoms with E-state index in [9.17, 15) is 0 Å². The van der Waals surface area contributed by atoms with Gasteiger partial charge in [-0.1, -0.05) is 18.9 Å². The largest absolute Gasteiger partial charge is 0.382 e. The van der Waals surface area contributed by atoms with Gasteiger partial charge in [0.25, 0.3) is 0 Å². The number of aromatic nitrogens is 2. The molecule has 0 amide bonds. The van der Waals surface area contributed by atoms with Crippen LogP contribution in [0, 0.1) is 5.92 Å². The van der Waals surface area contributed by atoms with Crippen molar-refractivity contribution >= 4 is 22.4 Å². The van der Waals surface area contributed by atoms with E-state index in [1.165, 1.54) is 30.8 Å². The summed E-state index contributed by atoms with van der Waals surface area (Å²) in [5.74, 6) is 1.52. The Hall–Kier alpha value is -1.62. The summed E-state index contributed by atoms with van der Waals surface area (Å²) in [6.07, 6.45) is 7.61. The molecule has 2 aromatic rings. The van der Waals surface area contributed by atoms with Gasteiger partial charge >= 0.3 is 0 Å². The average molecular weight is 260 g/mol. The van der Waals surface area contributed by atoms with Gasteiger partial charge in [0.2, 0.25) is 0 Å². The normalized spacial score (nSPS) is 14.7. The molecule has 0 radical (unpaired) electrons. The van der Waals surface area contributed by atoms with Crippen molar-refractivity contribution in [1.82, 2.24) is 9.36 Å². The summed E-state index contributed by atoms with van der Waals surface area (Å²) in [5, 5.41) is 4.51. The zero-order valence-corrected chi connectivity index (χ0v) is 10.9. The molecular formula is C13H16N4S. The second-order valence-corrected chi connectivity index (χ2v) is 5.45. The van der Waals surface area contributed by atoms with Crippen molar-refractivity contribution in [3.8, 4) is 11.1 Å². The van der Waals surface area contributed by atoms with Crippen LogP contribution in [0.4, 0.5) is 10.8 Å². The number of nitrogens with one attached hydrogen (secondary N) is 1. The van der Waals surface area contributed by atoms with Crippen LogP contribution in [0.1, 0.15) is 19.3 Å². The van der Waals surface area contributed by atoms with E-state index in [0.717, 1.165) is 28.6 Å². The molecule has 94 valence electrons. The number of nitrogen functional groups attached to an aromatic ring is 1. The molecule has 3 rings (SSSR count). The number of anilines is 2. The standard InChI is InChI=1S/C13H16N4S/c14-12-11(10-2-1-6-15-8-10)13(18-17-12)16-7-5-9-3-4-9/h1-2,6,8-9,16H,3-5,7H2,(H2,14,17). The predicted octanol–water partition coefficient (Wildman–Crippen LogP) is 3.00. The molecule has 0 spiro atoms. The summed E-state index contributed by atoms with van der Waals surface area (Å²) in [7, 11) is 0. The van der Waals surface area contributed by atoms with Crippen LogP contribution in [-0.2, 0) is 0 Å². The summed E-state index contributed by atoms with van der Waals surface area (Å²) in [4.78, 5) is 4.13. The van der Waals surface area contributed by atoms with Gasteiger partial charge in [0.05, 0.1) is 5.56 Å². The molecule has 0 aliphatic heterocycles. The number of hydrogen-bond acceptors (Lipinski definition) is 5. The van der Waals surface area contributed by atoms with Gasteiger partial charge in [-0.25, -0.2) is 0 Å². The monoisotopic (exact) mass is 260 g/mol. The van der Waals surface area contributed by atoms with Crippen LogP contribution in [0.25, 0.3) is 11.1 Å². The van der Waals surface area contributed by atoms with Crippen LogP contribution in [0.5, 0.6) is 0 Å². The molecular weight excluding hydrogens is 244 g/mol. The Balaban J connectivity index is 1.77. The number of nitrogens with two attached hydrogens (primary N) is 1. The fourth-order valence-electron chi connectivity index (χ4n) is 2.01. The predicted molar refractivity (Wildman–Crippen MR) is 75.6 cm³/mol. The third kappa shape index (κ3) is 2.46. The second-order valence-electron chi connectivity index (χ2n) is 4.67. The summed E-state index contributed by atoms with van der Waals surface area (Å²) < 4.78 is 4.24. The van der Waals surface area contributed by atoms with Crippen molar-refractivity contribution < 1.29 is 0 Å². The van der Waals surface area contributed by atoms with Crippen LogP contribution in [0.2, 0.25) is 0 Å². The van der Waals surface area contributed by atoms with Crippen molar-refractivity contribution in [3.63, 3.8) is 0 Å². The van der Waals surface area contributed by atoms with Crippen LogP contribution < -0.4 is 11.1 Å². The maximum atomic E-state index is 5.95. The molecule has 0 unspecified atom stereocenters. The number of rotatable bonds is 5. The first-order valence-corrected chi connectivity index (χ1v) is 7.01.